The summed E-state index contributed by atoms with van der Waals surface area (Å²) in [5.74, 6) is 1.02. The number of carboxylic acids is 1. The van der Waals surface area contributed by atoms with Crippen LogP contribution in [0, 0.1) is 5.92 Å². The van der Waals surface area contributed by atoms with Crippen LogP contribution in [0.15, 0.2) is 18.2 Å². The van der Waals surface area contributed by atoms with E-state index in [4.69, 9.17) is 20.3 Å². The highest BCUT2D eigenvalue weighted by molar-refractivity contribution is 5.77. The zero-order valence-corrected chi connectivity index (χ0v) is 15.3. The number of benzene rings is 1. The highest BCUT2D eigenvalue weighted by Crippen LogP contribution is 2.31. The normalized spacial score (nSPS) is 14.7. The molecule has 0 saturated heterocycles. The lowest BCUT2D eigenvalue weighted by Crippen LogP contribution is -2.46. The summed E-state index contributed by atoms with van der Waals surface area (Å²) in [5, 5.41) is 9.13. The maximum Gasteiger partial charge on any atom is 0.323 e. The zero-order valence-electron chi connectivity index (χ0n) is 15.3. The van der Waals surface area contributed by atoms with Crippen LogP contribution in [0.2, 0.25) is 0 Å². The monoisotopic (exact) mass is 337 g/mol. The molecule has 0 fully saturated rings. The van der Waals surface area contributed by atoms with Crippen LogP contribution >= 0.6 is 0 Å². The van der Waals surface area contributed by atoms with Crippen LogP contribution in [0.5, 0.6) is 11.5 Å². The molecule has 0 bridgehead atoms. The number of carboxylic acid groups (broad SMARTS) is 1. The van der Waals surface area contributed by atoms with Crippen molar-refractivity contribution < 1.29 is 19.4 Å². The second kappa shape index (κ2) is 9.52. The van der Waals surface area contributed by atoms with E-state index in [9.17, 15) is 4.79 Å². The Morgan fingerprint density at radius 2 is 1.79 bits per heavy atom. The fraction of sp³-hybridized carbons (Fsp3) is 0.632. The van der Waals surface area contributed by atoms with Crippen LogP contribution < -0.4 is 15.2 Å². The lowest BCUT2D eigenvalue weighted by atomic mass is 9.87. The number of ether oxygens (including phenoxy) is 2. The quantitative estimate of drug-likeness (QED) is 0.644. The van der Waals surface area contributed by atoms with Crippen LogP contribution in [0.4, 0.5) is 0 Å². The van der Waals surface area contributed by atoms with Crippen LogP contribution in [0.25, 0.3) is 0 Å². The molecule has 2 unspecified atom stereocenters. The van der Waals surface area contributed by atoms with Crippen molar-refractivity contribution in [1.82, 2.24) is 0 Å². The van der Waals surface area contributed by atoms with Gasteiger partial charge in [0.1, 0.15) is 17.0 Å². The first-order valence-electron chi connectivity index (χ1n) is 8.71. The van der Waals surface area contributed by atoms with Gasteiger partial charge in [-0.3, -0.25) is 4.79 Å². The minimum Gasteiger partial charge on any atom is -0.493 e. The van der Waals surface area contributed by atoms with Crippen molar-refractivity contribution in [3.05, 3.63) is 23.8 Å². The molecule has 1 rings (SSSR count). The Bertz CT molecular complexity index is 504. The number of nitrogens with two attached hydrogens (primary N) is 1. The standard InChI is InChI=1S/C19H31NO4/c1-5-23-16-11-8-12-17(24-6-2)15(16)10-7-9-14(3)13-19(4,20)18(21)22/h8,11-12,14H,5-7,9-10,13,20H2,1-4H3,(H,21,22). The number of hydrogen-bond acceptors (Lipinski definition) is 4. The van der Waals surface area contributed by atoms with Crippen molar-refractivity contribution in [2.75, 3.05) is 13.2 Å². The molecule has 0 heterocycles. The zero-order chi connectivity index (χ0) is 18.2. The summed E-state index contributed by atoms with van der Waals surface area (Å²) >= 11 is 0. The molecular weight excluding hydrogens is 306 g/mol. The van der Waals surface area contributed by atoms with Crippen LogP contribution in [-0.2, 0) is 11.2 Å². The highest BCUT2D eigenvalue weighted by atomic mass is 16.5. The number of carbonyl (C=O) groups is 1. The van der Waals surface area contributed by atoms with E-state index < -0.39 is 11.5 Å². The first kappa shape index (κ1) is 20.3. The lowest BCUT2D eigenvalue weighted by molar-refractivity contribution is -0.143. The maximum absolute atomic E-state index is 11.1. The van der Waals surface area contributed by atoms with Gasteiger partial charge in [-0.05, 0) is 58.1 Å². The Kier molecular flexibility index (Phi) is 8.05. The van der Waals surface area contributed by atoms with Gasteiger partial charge in [-0.1, -0.05) is 19.4 Å². The minimum atomic E-state index is -1.17. The van der Waals surface area contributed by atoms with Gasteiger partial charge in [0.05, 0.1) is 13.2 Å². The molecule has 0 aromatic heterocycles. The molecule has 3 N–H and O–H groups in total. The second-order valence-corrected chi connectivity index (χ2v) is 6.52. The molecule has 5 heteroatoms. The molecule has 136 valence electrons. The molecular formula is C19H31NO4. The van der Waals surface area contributed by atoms with E-state index in [1.165, 1.54) is 0 Å². The van der Waals surface area contributed by atoms with Gasteiger partial charge in [0.25, 0.3) is 0 Å². The number of rotatable bonds is 11. The van der Waals surface area contributed by atoms with Crippen molar-refractivity contribution >= 4 is 5.97 Å². The summed E-state index contributed by atoms with van der Waals surface area (Å²) in [6.45, 7) is 8.78. The Labute approximate surface area is 145 Å². The molecule has 0 aliphatic heterocycles. The first-order chi connectivity index (χ1) is 11.3. The molecule has 24 heavy (non-hydrogen) atoms. The molecule has 0 aliphatic carbocycles. The average molecular weight is 337 g/mol. The summed E-state index contributed by atoms with van der Waals surface area (Å²) in [7, 11) is 0. The van der Waals surface area contributed by atoms with E-state index in [0.29, 0.717) is 19.6 Å². The molecule has 0 amide bonds. The fourth-order valence-electron chi connectivity index (χ4n) is 2.91. The predicted octanol–water partition coefficient (Wildman–Crippen LogP) is 3.63. The lowest BCUT2D eigenvalue weighted by Gasteiger charge is -2.23. The summed E-state index contributed by atoms with van der Waals surface area (Å²) in [5.41, 5.74) is 5.75. The summed E-state index contributed by atoms with van der Waals surface area (Å²) in [6.07, 6.45) is 3.14. The van der Waals surface area contributed by atoms with E-state index in [2.05, 4.69) is 0 Å². The summed E-state index contributed by atoms with van der Waals surface area (Å²) in [4.78, 5) is 11.1. The Morgan fingerprint density at radius 3 is 2.25 bits per heavy atom. The van der Waals surface area contributed by atoms with Gasteiger partial charge in [-0.15, -0.1) is 0 Å². The molecule has 0 radical (unpaired) electrons. The third kappa shape index (κ3) is 6.04. The summed E-state index contributed by atoms with van der Waals surface area (Å²) in [6, 6.07) is 5.87. The molecule has 0 aliphatic rings. The number of hydrogen-bond donors (Lipinski definition) is 2. The first-order valence-corrected chi connectivity index (χ1v) is 8.71. The minimum absolute atomic E-state index is 0.242. The Balaban J connectivity index is 2.67. The van der Waals surface area contributed by atoms with Gasteiger partial charge in [-0.2, -0.15) is 0 Å². The van der Waals surface area contributed by atoms with Crippen molar-refractivity contribution in [3.8, 4) is 11.5 Å². The third-order valence-electron chi connectivity index (χ3n) is 4.07. The third-order valence-corrected chi connectivity index (χ3v) is 4.07. The van der Waals surface area contributed by atoms with Crippen LogP contribution in [0.3, 0.4) is 0 Å². The van der Waals surface area contributed by atoms with Crippen molar-refractivity contribution in [2.24, 2.45) is 11.7 Å². The predicted molar refractivity (Wildman–Crippen MR) is 95.7 cm³/mol. The van der Waals surface area contributed by atoms with Crippen molar-refractivity contribution in [3.63, 3.8) is 0 Å². The average Bonchev–Trinajstić information content (AvgIpc) is 2.49. The van der Waals surface area contributed by atoms with E-state index >= 15 is 0 Å². The van der Waals surface area contributed by atoms with Crippen LogP contribution in [0.1, 0.15) is 52.5 Å². The van der Waals surface area contributed by atoms with Crippen molar-refractivity contribution in [1.29, 1.82) is 0 Å². The molecule has 1 aromatic carbocycles. The number of aliphatic carboxylic acids is 1. The SMILES string of the molecule is CCOc1cccc(OCC)c1CCCC(C)CC(C)(N)C(=O)O. The van der Waals surface area contributed by atoms with Gasteiger partial charge < -0.3 is 20.3 Å². The topological polar surface area (TPSA) is 81.8 Å². The van der Waals surface area contributed by atoms with E-state index in [1.807, 2.05) is 39.0 Å². The van der Waals surface area contributed by atoms with Crippen LogP contribution in [-0.4, -0.2) is 29.8 Å². The molecule has 2 atom stereocenters. The fourth-order valence-corrected chi connectivity index (χ4v) is 2.91. The van der Waals surface area contributed by atoms with Gasteiger partial charge >= 0.3 is 5.97 Å². The largest absolute Gasteiger partial charge is 0.493 e. The summed E-state index contributed by atoms with van der Waals surface area (Å²) < 4.78 is 11.4. The van der Waals surface area contributed by atoms with Gasteiger partial charge in [0.15, 0.2) is 0 Å². The van der Waals surface area contributed by atoms with E-state index in [0.717, 1.165) is 36.3 Å². The molecule has 0 saturated carbocycles. The van der Waals surface area contributed by atoms with Gasteiger partial charge in [-0.25, -0.2) is 0 Å². The maximum atomic E-state index is 11.1. The van der Waals surface area contributed by atoms with E-state index in [-0.39, 0.29) is 5.92 Å². The molecule has 5 nitrogen and oxygen atoms in total. The smallest absolute Gasteiger partial charge is 0.323 e. The Hall–Kier alpha value is -1.75. The highest BCUT2D eigenvalue weighted by Gasteiger charge is 2.29. The van der Waals surface area contributed by atoms with Gasteiger partial charge in [0.2, 0.25) is 0 Å². The van der Waals surface area contributed by atoms with Crippen molar-refractivity contribution in [2.45, 2.75) is 58.9 Å². The van der Waals surface area contributed by atoms with Gasteiger partial charge in [0, 0.05) is 5.56 Å². The molecule has 0 spiro atoms. The van der Waals surface area contributed by atoms with E-state index in [1.54, 1.807) is 6.92 Å². The molecule has 1 aromatic rings. The Morgan fingerprint density at radius 1 is 1.25 bits per heavy atom. The second-order valence-electron chi connectivity index (χ2n) is 6.52.